The summed E-state index contributed by atoms with van der Waals surface area (Å²) in [5.41, 5.74) is 3.32. The normalized spacial score (nSPS) is 11.2. The number of carbonyl (C=O) groups excluding carboxylic acids is 1. The van der Waals surface area contributed by atoms with E-state index in [1.54, 1.807) is 67.8 Å². The van der Waals surface area contributed by atoms with Crippen LogP contribution >= 0.6 is 15.9 Å². The van der Waals surface area contributed by atoms with Crippen molar-refractivity contribution in [3.63, 3.8) is 0 Å². The molecule has 0 saturated heterocycles. The number of carbonyl (C=O) groups is 1. The van der Waals surface area contributed by atoms with Gasteiger partial charge in [-0.1, -0.05) is 40.2 Å². The van der Waals surface area contributed by atoms with Gasteiger partial charge in [0, 0.05) is 16.1 Å². The van der Waals surface area contributed by atoms with Crippen LogP contribution in [0.3, 0.4) is 0 Å². The van der Waals surface area contributed by atoms with Crippen molar-refractivity contribution in [3.8, 4) is 11.5 Å². The third kappa shape index (κ3) is 6.11. The van der Waals surface area contributed by atoms with Crippen LogP contribution in [0.1, 0.15) is 5.56 Å². The van der Waals surface area contributed by atoms with Crippen LogP contribution in [0.5, 0.6) is 11.5 Å². The zero-order chi connectivity index (χ0) is 23.8. The number of anilines is 1. The summed E-state index contributed by atoms with van der Waals surface area (Å²) in [6.45, 7) is -0.467. The Balaban J connectivity index is 1.82. The highest BCUT2D eigenvalue weighted by Gasteiger charge is 2.27. The summed E-state index contributed by atoms with van der Waals surface area (Å²) in [5, 5.41) is 3.95. The molecule has 8 nitrogen and oxygen atoms in total. The fraction of sp³-hybridized carbons (Fsp3) is 0.130. The predicted molar refractivity (Wildman–Crippen MR) is 130 cm³/mol. The molecule has 33 heavy (non-hydrogen) atoms. The van der Waals surface area contributed by atoms with E-state index in [2.05, 4.69) is 26.5 Å². The minimum Gasteiger partial charge on any atom is -0.497 e. The van der Waals surface area contributed by atoms with E-state index in [0.29, 0.717) is 27.2 Å². The van der Waals surface area contributed by atoms with Gasteiger partial charge in [0.2, 0.25) is 0 Å². The smallest absolute Gasteiger partial charge is 0.264 e. The van der Waals surface area contributed by atoms with Gasteiger partial charge in [0.15, 0.2) is 0 Å². The van der Waals surface area contributed by atoms with Crippen LogP contribution in [-0.2, 0) is 14.8 Å². The fourth-order valence-electron chi connectivity index (χ4n) is 2.93. The molecule has 0 aliphatic rings. The van der Waals surface area contributed by atoms with E-state index in [-0.39, 0.29) is 4.90 Å². The number of hydrazone groups is 1. The van der Waals surface area contributed by atoms with Crippen LogP contribution in [0, 0.1) is 0 Å². The maximum Gasteiger partial charge on any atom is 0.264 e. The van der Waals surface area contributed by atoms with E-state index in [9.17, 15) is 13.2 Å². The Morgan fingerprint density at radius 1 is 1.03 bits per heavy atom. The number of ether oxygens (including phenoxy) is 2. The van der Waals surface area contributed by atoms with Crippen molar-refractivity contribution in [3.05, 3.63) is 82.8 Å². The van der Waals surface area contributed by atoms with Crippen molar-refractivity contribution in [2.75, 3.05) is 25.1 Å². The standard InChI is InChI=1S/C23H22BrN3O5S/c1-31-20-12-11-17(22(14-20)32-2)15-25-26-23(28)16-27(19-8-6-7-18(24)13-19)33(29,30)21-9-4-3-5-10-21/h3-15H,16H2,1-2H3,(H,26,28)/b25-15-. The van der Waals surface area contributed by atoms with Gasteiger partial charge in [0.1, 0.15) is 18.0 Å². The summed E-state index contributed by atoms with van der Waals surface area (Å²) < 4.78 is 38.7. The van der Waals surface area contributed by atoms with Crippen molar-refractivity contribution in [2.24, 2.45) is 5.10 Å². The molecular formula is C23H22BrN3O5S. The van der Waals surface area contributed by atoms with Crippen molar-refractivity contribution in [1.82, 2.24) is 5.43 Å². The molecular weight excluding hydrogens is 510 g/mol. The Morgan fingerprint density at radius 3 is 2.45 bits per heavy atom. The second kappa shape index (κ2) is 11.0. The Morgan fingerprint density at radius 2 is 1.79 bits per heavy atom. The minimum absolute atomic E-state index is 0.0734. The van der Waals surface area contributed by atoms with Gasteiger partial charge in [0.05, 0.1) is 31.0 Å². The van der Waals surface area contributed by atoms with Crippen LogP contribution < -0.4 is 19.2 Å². The molecule has 0 unspecified atom stereocenters. The molecule has 0 radical (unpaired) electrons. The number of hydrogen-bond acceptors (Lipinski definition) is 6. The first-order chi connectivity index (χ1) is 15.8. The SMILES string of the molecule is COc1ccc(/C=N\NC(=O)CN(c2cccc(Br)c2)S(=O)(=O)c2ccccc2)c(OC)c1. The quantitative estimate of drug-likeness (QED) is 0.334. The predicted octanol–water partition coefficient (Wildman–Crippen LogP) is 3.81. The Hall–Kier alpha value is -3.37. The van der Waals surface area contributed by atoms with Crippen LogP contribution in [-0.4, -0.2) is 41.3 Å². The molecule has 0 heterocycles. The number of sulfonamides is 1. The van der Waals surface area contributed by atoms with Crippen LogP contribution in [0.4, 0.5) is 5.69 Å². The number of amides is 1. The molecule has 0 aliphatic heterocycles. The molecule has 0 aliphatic carbocycles. The van der Waals surface area contributed by atoms with Gasteiger partial charge in [-0.3, -0.25) is 9.10 Å². The monoisotopic (exact) mass is 531 g/mol. The Bertz CT molecular complexity index is 1250. The highest BCUT2D eigenvalue weighted by molar-refractivity contribution is 9.10. The molecule has 0 saturated carbocycles. The molecule has 1 amide bonds. The molecule has 0 aromatic heterocycles. The van der Waals surface area contributed by atoms with Crippen molar-refractivity contribution in [1.29, 1.82) is 0 Å². The maximum absolute atomic E-state index is 13.3. The molecule has 3 aromatic carbocycles. The lowest BCUT2D eigenvalue weighted by Gasteiger charge is -2.23. The zero-order valence-corrected chi connectivity index (χ0v) is 20.3. The fourth-order valence-corrected chi connectivity index (χ4v) is 4.75. The molecule has 0 fully saturated rings. The van der Waals surface area contributed by atoms with E-state index < -0.39 is 22.5 Å². The average molecular weight is 532 g/mol. The largest absolute Gasteiger partial charge is 0.497 e. The summed E-state index contributed by atoms with van der Waals surface area (Å²) >= 11 is 3.34. The van der Waals surface area contributed by atoms with Crippen molar-refractivity contribution < 1.29 is 22.7 Å². The van der Waals surface area contributed by atoms with E-state index in [4.69, 9.17) is 9.47 Å². The molecule has 172 valence electrons. The second-order valence-corrected chi connectivity index (χ2v) is 9.48. The van der Waals surface area contributed by atoms with Crippen LogP contribution in [0.15, 0.2) is 87.3 Å². The first-order valence-electron chi connectivity index (χ1n) is 9.72. The lowest BCUT2D eigenvalue weighted by molar-refractivity contribution is -0.119. The molecule has 0 bridgehead atoms. The third-order valence-corrected chi connectivity index (χ3v) is 6.83. The molecule has 0 atom stereocenters. The molecule has 1 N–H and O–H groups in total. The number of halogens is 1. The highest BCUT2D eigenvalue weighted by Crippen LogP contribution is 2.26. The van der Waals surface area contributed by atoms with Crippen molar-refractivity contribution in [2.45, 2.75) is 4.90 Å². The minimum atomic E-state index is -4.00. The number of benzene rings is 3. The summed E-state index contributed by atoms with van der Waals surface area (Å²) in [7, 11) is -0.942. The number of nitrogens with zero attached hydrogens (tertiary/aromatic N) is 2. The van der Waals surface area contributed by atoms with Crippen LogP contribution in [0.2, 0.25) is 0 Å². The van der Waals surface area contributed by atoms with Gasteiger partial charge in [-0.05, 0) is 42.5 Å². The topological polar surface area (TPSA) is 97.3 Å². The average Bonchev–Trinajstić information content (AvgIpc) is 2.83. The molecule has 0 spiro atoms. The number of methoxy groups -OCH3 is 2. The van der Waals surface area contributed by atoms with Gasteiger partial charge in [-0.15, -0.1) is 0 Å². The second-order valence-electron chi connectivity index (χ2n) is 6.71. The number of rotatable bonds is 9. The summed E-state index contributed by atoms with van der Waals surface area (Å²) in [5.74, 6) is 0.511. The van der Waals surface area contributed by atoms with E-state index in [0.717, 1.165) is 4.31 Å². The van der Waals surface area contributed by atoms with Gasteiger partial charge in [0.25, 0.3) is 15.9 Å². The Kier molecular flexibility index (Phi) is 8.07. The lowest BCUT2D eigenvalue weighted by atomic mass is 10.2. The van der Waals surface area contributed by atoms with Crippen LogP contribution in [0.25, 0.3) is 0 Å². The van der Waals surface area contributed by atoms with E-state index >= 15 is 0 Å². The Labute approximate surface area is 201 Å². The van der Waals surface area contributed by atoms with Crippen molar-refractivity contribution >= 4 is 43.8 Å². The first kappa shape index (κ1) is 24.3. The third-order valence-electron chi connectivity index (χ3n) is 4.55. The molecule has 10 heteroatoms. The van der Waals surface area contributed by atoms with Gasteiger partial charge < -0.3 is 9.47 Å². The van der Waals surface area contributed by atoms with Gasteiger partial charge >= 0.3 is 0 Å². The van der Waals surface area contributed by atoms with Gasteiger partial charge in [-0.2, -0.15) is 5.10 Å². The van der Waals surface area contributed by atoms with E-state index in [1.165, 1.54) is 25.5 Å². The summed E-state index contributed by atoms with van der Waals surface area (Å²) in [6.07, 6.45) is 1.41. The molecule has 3 rings (SSSR count). The van der Waals surface area contributed by atoms with Gasteiger partial charge in [-0.25, -0.2) is 13.8 Å². The zero-order valence-electron chi connectivity index (χ0n) is 17.9. The summed E-state index contributed by atoms with van der Waals surface area (Å²) in [4.78, 5) is 12.7. The first-order valence-corrected chi connectivity index (χ1v) is 12.0. The maximum atomic E-state index is 13.3. The lowest BCUT2D eigenvalue weighted by Crippen LogP contribution is -2.39. The number of nitrogens with one attached hydrogen (secondary N) is 1. The number of hydrogen-bond donors (Lipinski definition) is 1. The van der Waals surface area contributed by atoms with E-state index in [1.807, 2.05) is 0 Å². The molecule has 3 aromatic rings. The highest BCUT2D eigenvalue weighted by atomic mass is 79.9. The summed E-state index contributed by atoms with van der Waals surface area (Å²) in [6, 6.07) is 19.8.